The van der Waals surface area contributed by atoms with E-state index in [0.717, 1.165) is 0 Å². The van der Waals surface area contributed by atoms with Crippen LogP contribution in [0.5, 0.6) is 0 Å². The van der Waals surface area contributed by atoms with Gasteiger partial charge >= 0.3 is 0 Å². The normalized spacial score (nSPS) is 21.7. The van der Waals surface area contributed by atoms with E-state index in [9.17, 15) is 14.0 Å². The van der Waals surface area contributed by atoms with Crippen molar-refractivity contribution >= 4 is 23.6 Å². The topological polar surface area (TPSA) is 49.4 Å². The highest BCUT2D eigenvalue weighted by molar-refractivity contribution is 7.99. The molecule has 0 saturated carbocycles. The lowest BCUT2D eigenvalue weighted by Crippen LogP contribution is -2.48. The van der Waals surface area contributed by atoms with Crippen LogP contribution in [0.4, 0.5) is 4.39 Å². The van der Waals surface area contributed by atoms with Crippen molar-refractivity contribution in [1.82, 2.24) is 10.2 Å². The minimum absolute atomic E-state index is 0.0181. The average Bonchev–Trinajstić information content (AvgIpc) is 2.82. The molecule has 114 valence electrons. The second kappa shape index (κ2) is 6.47. The lowest BCUT2D eigenvalue weighted by atomic mass is 10.1. The SMILES string of the molecule is CC(=O)N1C(C(=O)NC(C)C)CSC1c1cccc(F)c1. The molecule has 1 aromatic rings. The summed E-state index contributed by atoms with van der Waals surface area (Å²) >= 11 is 1.48. The Morgan fingerprint density at radius 3 is 2.71 bits per heavy atom. The first kappa shape index (κ1) is 15.8. The standard InChI is InChI=1S/C15H19FN2O2S/c1-9(2)17-14(20)13-8-21-15(18(13)10(3)19)11-5-4-6-12(16)7-11/h4-7,9,13,15H,8H2,1-3H3,(H,17,20). The van der Waals surface area contributed by atoms with Gasteiger partial charge in [-0.05, 0) is 31.5 Å². The molecule has 2 rings (SSSR count). The molecule has 1 fully saturated rings. The van der Waals surface area contributed by atoms with E-state index < -0.39 is 6.04 Å². The Kier molecular flexibility index (Phi) is 4.88. The molecule has 1 N–H and O–H groups in total. The molecule has 0 radical (unpaired) electrons. The molecular weight excluding hydrogens is 291 g/mol. The van der Waals surface area contributed by atoms with E-state index in [4.69, 9.17) is 0 Å². The van der Waals surface area contributed by atoms with Gasteiger partial charge in [0, 0.05) is 18.7 Å². The van der Waals surface area contributed by atoms with Gasteiger partial charge in [-0.25, -0.2) is 4.39 Å². The molecule has 0 bridgehead atoms. The van der Waals surface area contributed by atoms with Gasteiger partial charge in [0.05, 0.1) is 0 Å². The molecule has 0 aromatic heterocycles. The zero-order valence-electron chi connectivity index (χ0n) is 12.3. The molecule has 1 aromatic carbocycles. The van der Waals surface area contributed by atoms with Gasteiger partial charge in [-0.2, -0.15) is 0 Å². The van der Waals surface area contributed by atoms with Crippen molar-refractivity contribution in [3.63, 3.8) is 0 Å². The zero-order valence-corrected chi connectivity index (χ0v) is 13.1. The van der Waals surface area contributed by atoms with Crippen molar-refractivity contribution in [2.45, 2.75) is 38.2 Å². The number of amides is 2. The van der Waals surface area contributed by atoms with Crippen molar-refractivity contribution in [3.05, 3.63) is 35.6 Å². The third kappa shape index (κ3) is 3.56. The minimum atomic E-state index is -0.511. The van der Waals surface area contributed by atoms with Crippen molar-refractivity contribution < 1.29 is 14.0 Å². The molecule has 1 aliphatic heterocycles. The molecule has 1 aliphatic rings. The van der Waals surface area contributed by atoms with Crippen LogP contribution < -0.4 is 5.32 Å². The largest absolute Gasteiger partial charge is 0.352 e. The van der Waals surface area contributed by atoms with E-state index in [-0.39, 0.29) is 29.0 Å². The zero-order chi connectivity index (χ0) is 15.6. The third-order valence-corrected chi connectivity index (χ3v) is 4.55. The molecule has 1 saturated heterocycles. The predicted molar refractivity (Wildman–Crippen MR) is 81.2 cm³/mol. The Hall–Kier alpha value is -1.56. The number of thioether (sulfide) groups is 1. The highest BCUT2D eigenvalue weighted by Gasteiger charge is 2.41. The molecule has 1 heterocycles. The quantitative estimate of drug-likeness (QED) is 0.932. The van der Waals surface area contributed by atoms with E-state index >= 15 is 0 Å². The van der Waals surface area contributed by atoms with E-state index in [1.807, 2.05) is 13.8 Å². The number of carbonyl (C=O) groups is 2. The van der Waals surface area contributed by atoms with Crippen LogP contribution >= 0.6 is 11.8 Å². The van der Waals surface area contributed by atoms with Gasteiger partial charge in [0.25, 0.3) is 0 Å². The Morgan fingerprint density at radius 1 is 1.43 bits per heavy atom. The fourth-order valence-corrected chi connectivity index (χ4v) is 3.86. The van der Waals surface area contributed by atoms with Gasteiger partial charge in [0.2, 0.25) is 11.8 Å². The minimum Gasteiger partial charge on any atom is -0.352 e. The average molecular weight is 310 g/mol. The fourth-order valence-electron chi connectivity index (χ4n) is 2.39. The summed E-state index contributed by atoms with van der Waals surface area (Å²) in [5.74, 6) is -0.171. The summed E-state index contributed by atoms with van der Waals surface area (Å²) in [6.45, 7) is 5.19. The number of nitrogens with one attached hydrogen (secondary N) is 1. The van der Waals surface area contributed by atoms with Crippen molar-refractivity contribution in [1.29, 1.82) is 0 Å². The van der Waals surface area contributed by atoms with Gasteiger partial charge in [0.1, 0.15) is 17.2 Å². The Labute approximate surface area is 128 Å². The second-order valence-electron chi connectivity index (χ2n) is 5.35. The maximum Gasteiger partial charge on any atom is 0.243 e. The van der Waals surface area contributed by atoms with Crippen LogP contribution in [0.2, 0.25) is 0 Å². The number of hydrogen-bond donors (Lipinski definition) is 1. The Morgan fingerprint density at radius 2 is 2.14 bits per heavy atom. The summed E-state index contributed by atoms with van der Waals surface area (Å²) in [5.41, 5.74) is 0.704. The van der Waals surface area contributed by atoms with Crippen molar-refractivity contribution in [3.8, 4) is 0 Å². The Balaban J connectivity index is 2.25. The van der Waals surface area contributed by atoms with Gasteiger partial charge in [0.15, 0.2) is 0 Å². The predicted octanol–water partition coefficient (Wildman–Crippen LogP) is 2.31. The second-order valence-corrected chi connectivity index (χ2v) is 6.46. The van der Waals surface area contributed by atoms with Gasteiger partial charge in [-0.15, -0.1) is 11.8 Å². The molecule has 21 heavy (non-hydrogen) atoms. The summed E-state index contributed by atoms with van der Waals surface area (Å²) < 4.78 is 13.4. The molecular formula is C15H19FN2O2S. The van der Waals surface area contributed by atoms with Crippen LogP contribution in [0, 0.1) is 5.82 Å². The third-order valence-electron chi connectivity index (χ3n) is 3.23. The number of halogens is 1. The van der Waals surface area contributed by atoms with Crippen molar-refractivity contribution in [2.75, 3.05) is 5.75 Å². The summed E-state index contributed by atoms with van der Waals surface area (Å²) in [6.07, 6.45) is 0. The van der Waals surface area contributed by atoms with E-state index in [0.29, 0.717) is 11.3 Å². The van der Waals surface area contributed by atoms with E-state index in [2.05, 4.69) is 5.32 Å². The highest BCUT2D eigenvalue weighted by Crippen LogP contribution is 2.41. The van der Waals surface area contributed by atoms with Crippen LogP contribution in [0.3, 0.4) is 0 Å². The van der Waals surface area contributed by atoms with Crippen LogP contribution in [-0.2, 0) is 9.59 Å². The molecule has 2 unspecified atom stereocenters. The summed E-state index contributed by atoms with van der Waals surface area (Å²) in [5, 5.41) is 2.51. The van der Waals surface area contributed by atoms with Gasteiger partial charge in [-0.3, -0.25) is 9.59 Å². The Bertz CT molecular complexity index is 550. The monoisotopic (exact) mass is 310 g/mol. The molecule has 4 nitrogen and oxygen atoms in total. The summed E-state index contributed by atoms with van der Waals surface area (Å²) in [6, 6.07) is 5.68. The van der Waals surface area contributed by atoms with Gasteiger partial charge < -0.3 is 10.2 Å². The maximum atomic E-state index is 13.4. The van der Waals surface area contributed by atoms with Crippen LogP contribution in [-0.4, -0.2) is 34.6 Å². The smallest absolute Gasteiger partial charge is 0.243 e. The summed E-state index contributed by atoms with van der Waals surface area (Å²) in [4.78, 5) is 25.7. The first-order valence-corrected chi connectivity index (χ1v) is 7.91. The molecule has 0 spiro atoms. The number of carbonyl (C=O) groups excluding carboxylic acids is 2. The first-order chi connectivity index (χ1) is 9.90. The number of benzene rings is 1. The molecule has 6 heteroatoms. The molecule has 0 aliphatic carbocycles. The van der Waals surface area contributed by atoms with Crippen LogP contribution in [0.15, 0.2) is 24.3 Å². The lowest BCUT2D eigenvalue weighted by molar-refractivity contribution is -0.138. The molecule has 2 atom stereocenters. The van der Waals surface area contributed by atoms with Crippen LogP contribution in [0.1, 0.15) is 31.7 Å². The molecule has 2 amide bonds. The first-order valence-electron chi connectivity index (χ1n) is 6.86. The highest BCUT2D eigenvalue weighted by atomic mass is 32.2. The van der Waals surface area contributed by atoms with E-state index in [1.165, 1.54) is 35.7 Å². The maximum absolute atomic E-state index is 13.4. The number of hydrogen-bond acceptors (Lipinski definition) is 3. The number of rotatable bonds is 3. The van der Waals surface area contributed by atoms with E-state index in [1.54, 1.807) is 12.1 Å². The fraction of sp³-hybridized carbons (Fsp3) is 0.467. The number of nitrogens with zero attached hydrogens (tertiary/aromatic N) is 1. The van der Waals surface area contributed by atoms with Crippen LogP contribution in [0.25, 0.3) is 0 Å². The van der Waals surface area contributed by atoms with Gasteiger partial charge in [-0.1, -0.05) is 12.1 Å². The lowest BCUT2D eigenvalue weighted by Gasteiger charge is -2.28. The van der Waals surface area contributed by atoms with Crippen molar-refractivity contribution in [2.24, 2.45) is 0 Å². The summed E-state index contributed by atoms with van der Waals surface area (Å²) in [7, 11) is 0.